The van der Waals surface area contributed by atoms with Crippen LogP contribution in [0.3, 0.4) is 0 Å². The molecule has 6 atom stereocenters. The standard InChI is InChI=1S/C22H24N2O3/c1-26-13-2-3-16-15(8-13)22-5-6-23-11-12-4-7-27-17-10-19(25)24(16)21(22)20(17)14(12)9-18(22)23/h2-4,8,14,17-18,20-21H,5-7,9-11H2,1H3/t14-,17-,18-,20-,21-,22+/m0/s1. The third kappa shape index (κ3) is 1.56. The highest BCUT2D eigenvalue weighted by Gasteiger charge is 2.71. The van der Waals surface area contributed by atoms with Gasteiger partial charge in [-0.05, 0) is 49.1 Å². The van der Waals surface area contributed by atoms with E-state index in [1.165, 1.54) is 12.0 Å². The van der Waals surface area contributed by atoms with Gasteiger partial charge in [-0.3, -0.25) is 9.69 Å². The summed E-state index contributed by atoms with van der Waals surface area (Å²) in [6.45, 7) is 2.88. The molecule has 27 heavy (non-hydrogen) atoms. The van der Waals surface area contributed by atoms with Crippen LogP contribution in [0.5, 0.6) is 5.75 Å². The number of nitrogens with zero attached hydrogens (tertiary/aromatic N) is 2. The number of piperidine rings is 2. The first-order valence-electron chi connectivity index (χ1n) is 10.3. The van der Waals surface area contributed by atoms with E-state index in [4.69, 9.17) is 9.47 Å². The highest BCUT2D eigenvalue weighted by Crippen LogP contribution is 2.65. The van der Waals surface area contributed by atoms with Gasteiger partial charge in [0.2, 0.25) is 5.91 Å². The first-order valence-corrected chi connectivity index (χ1v) is 10.3. The highest BCUT2D eigenvalue weighted by molar-refractivity contribution is 5.99. The zero-order valence-corrected chi connectivity index (χ0v) is 15.6. The maximum absolute atomic E-state index is 13.3. The minimum absolute atomic E-state index is 0.0403. The maximum atomic E-state index is 13.3. The lowest BCUT2D eigenvalue weighted by Crippen LogP contribution is -2.69. The average Bonchev–Trinajstić information content (AvgIpc) is 3.15. The molecule has 3 saturated heterocycles. The molecule has 5 nitrogen and oxygen atoms in total. The van der Waals surface area contributed by atoms with Crippen LogP contribution in [-0.2, 0) is 14.9 Å². The van der Waals surface area contributed by atoms with Crippen LogP contribution in [0.4, 0.5) is 5.69 Å². The molecule has 0 aromatic heterocycles. The van der Waals surface area contributed by atoms with Crippen molar-refractivity contribution < 1.29 is 14.3 Å². The Balaban J connectivity index is 1.53. The molecule has 7 rings (SSSR count). The Bertz CT molecular complexity index is 911. The molecule has 5 aliphatic heterocycles. The van der Waals surface area contributed by atoms with Crippen LogP contribution < -0.4 is 9.64 Å². The number of carbonyl (C=O) groups is 1. The van der Waals surface area contributed by atoms with Gasteiger partial charge in [-0.25, -0.2) is 0 Å². The van der Waals surface area contributed by atoms with E-state index in [-0.39, 0.29) is 23.5 Å². The fourth-order valence-electron chi connectivity index (χ4n) is 7.66. The Hall–Kier alpha value is -1.85. The summed E-state index contributed by atoms with van der Waals surface area (Å²) in [4.78, 5) is 18.2. The number of carbonyl (C=O) groups excluding carboxylic acids is 1. The minimum Gasteiger partial charge on any atom is -0.497 e. The monoisotopic (exact) mass is 364 g/mol. The Morgan fingerprint density at radius 2 is 2.26 bits per heavy atom. The zero-order chi connectivity index (χ0) is 17.9. The summed E-state index contributed by atoms with van der Waals surface area (Å²) in [5, 5.41) is 0. The topological polar surface area (TPSA) is 42.0 Å². The fraction of sp³-hybridized carbons (Fsp3) is 0.591. The van der Waals surface area contributed by atoms with Crippen molar-refractivity contribution >= 4 is 11.6 Å². The van der Waals surface area contributed by atoms with Gasteiger partial charge >= 0.3 is 0 Å². The molecule has 140 valence electrons. The Labute approximate surface area is 158 Å². The molecule has 1 saturated carbocycles. The number of ether oxygens (including phenoxy) is 2. The average molecular weight is 364 g/mol. The van der Waals surface area contributed by atoms with Gasteiger partial charge in [-0.2, -0.15) is 0 Å². The van der Waals surface area contributed by atoms with Gasteiger partial charge in [0.15, 0.2) is 0 Å². The molecule has 1 spiro atoms. The summed E-state index contributed by atoms with van der Waals surface area (Å²) < 4.78 is 11.9. The number of hydrogen-bond acceptors (Lipinski definition) is 4. The van der Waals surface area contributed by atoms with E-state index in [0.29, 0.717) is 30.9 Å². The highest BCUT2D eigenvalue weighted by atomic mass is 16.5. The van der Waals surface area contributed by atoms with Crippen molar-refractivity contribution in [3.8, 4) is 5.75 Å². The van der Waals surface area contributed by atoms with Crippen molar-refractivity contribution in [2.24, 2.45) is 11.8 Å². The molecule has 5 heterocycles. The predicted molar refractivity (Wildman–Crippen MR) is 100.0 cm³/mol. The Kier molecular flexibility index (Phi) is 2.66. The van der Waals surface area contributed by atoms with Crippen molar-refractivity contribution in [1.82, 2.24) is 4.90 Å². The van der Waals surface area contributed by atoms with Crippen molar-refractivity contribution in [2.45, 2.75) is 42.9 Å². The second-order valence-corrected chi connectivity index (χ2v) is 9.14. The van der Waals surface area contributed by atoms with Crippen molar-refractivity contribution in [3.63, 3.8) is 0 Å². The van der Waals surface area contributed by atoms with Gasteiger partial charge in [-0.15, -0.1) is 0 Å². The predicted octanol–water partition coefficient (Wildman–Crippen LogP) is 2.10. The molecular weight excluding hydrogens is 340 g/mol. The first kappa shape index (κ1) is 15.1. The van der Waals surface area contributed by atoms with Gasteiger partial charge < -0.3 is 14.4 Å². The third-order valence-corrected chi connectivity index (χ3v) is 8.52. The van der Waals surface area contributed by atoms with Crippen LogP contribution in [0, 0.1) is 11.8 Å². The first-order chi connectivity index (χ1) is 13.2. The van der Waals surface area contributed by atoms with Crippen LogP contribution in [0.15, 0.2) is 29.8 Å². The molecular formula is C22H24N2O3. The Morgan fingerprint density at radius 1 is 1.33 bits per heavy atom. The zero-order valence-electron chi connectivity index (χ0n) is 15.6. The van der Waals surface area contributed by atoms with Crippen LogP contribution in [0.25, 0.3) is 0 Å². The molecule has 5 heteroatoms. The van der Waals surface area contributed by atoms with E-state index in [9.17, 15) is 4.79 Å². The molecule has 0 unspecified atom stereocenters. The smallest absolute Gasteiger partial charge is 0.229 e. The summed E-state index contributed by atoms with van der Waals surface area (Å²) >= 11 is 0. The lowest BCUT2D eigenvalue weighted by molar-refractivity contribution is -0.132. The van der Waals surface area contributed by atoms with E-state index < -0.39 is 0 Å². The van der Waals surface area contributed by atoms with Gasteiger partial charge in [0.05, 0.1) is 32.3 Å². The number of methoxy groups -OCH3 is 1. The fourth-order valence-corrected chi connectivity index (χ4v) is 7.66. The maximum Gasteiger partial charge on any atom is 0.229 e. The number of rotatable bonds is 1. The molecule has 4 fully saturated rings. The molecule has 0 radical (unpaired) electrons. The largest absolute Gasteiger partial charge is 0.497 e. The number of amides is 1. The van der Waals surface area contributed by atoms with Gasteiger partial charge in [0.1, 0.15) is 5.75 Å². The molecule has 1 aromatic rings. The minimum atomic E-state index is 0.0403. The van der Waals surface area contributed by atoms with Crippen molar-refractivity contribution in [2.75, 3.05) is 31.7 Å². The molecule has 6 aliphatic rings. The summed E-state index contributed by atoms with van der Waals surface area (Å²) in [7, 11) is 1.73. The molecule has 1 aliphatic carbocycles. The summed E-state index contributed by atoms with van der Waals surface area (Å²) in [6.07, 6.45) is 5.26. The second-order valence-electron chi connectivity index (χ2n) is 9.14. The number of hydrogen-bond donors (Lipinski definition) is 0. The van der Waals surface area contributed by atoms with Gasteiger partial charge in [-0.1, -0.05) is 11.6 Å². The SMILES string of the molecule is COc1ccc2c(c1)[C@@]13CCN4CC5=CCO[C@H]6CC(=O)N2[C@H]1[C@H]6[C@H]5C[C@H]43. The van der Waals surface area contributed by atoms with E-state index >= 15 is 0 Å². The molecule has 0 N–H and O–H groups in total. The summed E-state index contributed by atoms with van der Waals surface area (Å²) in [6, 6.07) is 7.13. The van der Waals surface area contributed by atoms with Crippen molar-refractivity contribution in [3.05, 3.63) is 35.4 Å². The van der Waals surface area contributed by atoms with E-state index in [0.717, 1.165) is 30.9 Å². The van der Waals surface area contributed by atoms with Gasteiger partial charge in [0, 0.05) is 29.6 Å². The van der Waals surface area contributed by atoms with E-state index in [1.807, 2.05) is 6.07 Å². The van der Waals surface area contributed by atoms with Crippen LogP contribution in [0.2, 0.25) is 0 Å². The quantitative estimate of drug-likeness (QED) is 0.716. The molecule has 1 aromatic carbocycles. The molecule has 2 bridgehead atoms. The van der Waals surface area contributed by atoms with Crippen molar-refractivity contribution in [1.29, 1.82) is 0 Å². The van der Waals surface area contributed by atoms with E-state index in [1.54, 1.807) is 12.7 Å². The number of fused-ring (bicyclic) bond motifs is 2. The van der Waals surface area contributed by atoms with Crippen LogP contribution in [0.1, 0.15) is 24.8 Å². The normalized spacial score (nSPS) is 43.3. The lowest BCUT2D eigenvalue weighted by Gasteiger charge is -2.58. The third-order valence-electron chi connectivity index (χ3n) is 8.52. The van der Waals surface area contributed by atoms with E-state index in [2.05, 4.69) is 28.0 Å². The van der Waals surface area contributed by atoms with Gasteiger partial charge in [0.25, 0.3) is 0 Å². The van der Waals surface area contributed by atoms with Crippen LogP contribution >= 0.6 is 0 Å². The molecule has 1 amide bonds. The summed E-state index contributed by atoms with van der Waals surface area (Å²) in [5.74, 6) is 2.14. The van der Waals surface area contributed by atoms with Crippen LogP contribution in [-0.4, -0.2) is 55.8 Å². The second kappa shape index (κ2) is 4.76. The number of anilines is 1. The lowest BCUT2D eigenvalue weighted by atomic mass is 9.53. The summed E-state index contributed by atoms with van der Waals surface area (Å²) in [5.41, 5.74) is 4.09. The Morgan fingerprint density at radius 3 is 3.15 bits per heavy atom. The number of benzene rings is 1.